The molecule has 0 saturated carbocycles. The van der Waals surface area contributed by atoms with E-state index in [1.54, 1.807) is 0 Å². The van der Waals surface area contributed by atoms with Gasteiger partial charge in [-0.2, -0.15) is 0 Å². The van der Waals surface area contributed by atoms with Crippen LogP contribution >= 0.6 is 15.9 Å². The first kappa shape index (κ1) is 16.2. The first-order valence-corrected chi connectivity index (χ1v) is 7.90. The first-order chi connectivity index (χ1) is 8.87. The Labute approximate surface area is 125 Å². The number of hydrogen-bond donors (Lipinski definition) is 1. The average Bonchev–Trinajstić information content (AvgIpc) is 2.34. The summed E-state index contributed by atoms with van der Waals surface area (Å²) in [7, 11) is 0. The highest BCUT2D eigenvalue weighted by Crippen LogP contribution is 2.22. The van der Waals surface area contributed by atoms with Gasteiger partial charge in [0.15, 0.2) is 0 Å². The molecule has 19 heavy (non-hydrogen) atoms. The van der Waals surface area contributed by atoms with Crippen LogP contribution in [0, 0.1) is 19.3 Å². The molecule has 0 radical (unpaired) electrons. The molecule has 0 unspecified atom stereocenters. The van der Waals surface area contributed by atoms with E-state index < -0.39 is 0 Å². The van der Waals surface area contributed by atoms with Gasteiger partial charge in [0.2, 0.25) is 0 Å². The molecule has 1 aromatic rings. The molecular weight excluding hydrogens is 302 g/mol. The molecule has 0 bridgehead atoms. The van der Waals surface area contributed by atoms with Crippen molar-refractivity contribution in [3.63, 3.8) is 0 Å². The molecule has 0 aromatic heterocycles. The predicted octanol–water partition coefficient (Wildman–Crippen LogP) is 4.23. The Morgan fingerprint density at radius 2 is 1.84 bits per heavy atom. The lowest BCUT2D eigenvalue weighted by Gasteiger charge is -2.25. The van der Waals surface area contributed by atoms with Gasteiger partial charge < -0.3 is 5.32 Å². The second-order valence-corrected chi connectivity index (χ2v) is 6.70. The van der Waals surface area contributed by atoms with Crippen LogP contribution in [-0.2, 0) is 0 Å². The van der Waals surface area contributed by atoms with E-state index in [9.17, 15) is 4.79 Å². The highest BCUT2D eigenvalue weighted by Gasteiger charge is 2.19. The number of carbonyl (C=O) groups is 1. The van der Waals surface area contributed by atoms with Crippen molar-refractivity contribution < 1.29 is 4.79 Å². The molecule has 0 heterocycles. The fraction of sp³-hybridized carbons (Fsp3) is 0.562. The summed E-state index contributed by atoms with van der Waals surface area (Å²) in [5, 5.41) is 4.09. The zero-order chi connectivity index (χ0) is 14.5. The second kappa shape index (κ2) is 7.09. The molecule has 0 aliphatic rings. The third-order valence-electron chi connectivity index (χ3n) is 3.42. The van der Waals surface area contributed by atoms with Gasteiger partial charge in [0, 0.05) is 17.4 Å². The summed E-state index contributed by atoms with van der Waals surface area (Å²) in [4.78, 5) is 12.3. The van der Waals surface area contributed by atoms with Crippen LogP contribution in [0.3, 0.4) is 0 Å². The number of hydrogen-bond acceptors (Lipinski definition) is 1. The normalized spacial score (nSPS) is 11.4. The van der Waals surface area contributed by atoms with Crippen LogP contribution in [0.1, 0.15) is 48.2 Å². The van der Waals surface area contributed by atoms with Crippen LogP contribution in [0.4, 0.5) is 0 Å². The maximum absolute atomic E-state index is 12.3. The van der Waals surface area contributed by atoms with Crippen molar-refractivity contribution in [2.45, 2.75) is 40.5 Å². The number of rotatable bonds is 6. The number of halogens is 1. The summed E-state index contributed by atoms with van der Waals surface area (Å²) in [6.07, 6.45) is 2.23. The largest absolute Gasteiger partial charge is 0.351 e. The Hall–Kier alpha value is -0.830. The van der Waals surface area contributed by atoms with Gasteiger partial charge >= 0.3 is 0 Å². The Kier molecular flexibility index (Phi) is 6.05. The van der Waals surface area contributed by atoms with Gasteiger partial charge in [-0.1, -0.05) is 48.0 Å². The topological polar surface area (TPSA) is 29.1 Å². The van der Waals surface area contributed by atoms with Crippen molar-refractivity contribution in [3.05, 3.63) is 34.9 Å². The standard InChI is InChI=1S/C16H24BrNO/c1-12-7-5-8-13(2)14(12)15(19)18-11-16(3,4)9-6-10-17/h5,7-8H,6,9-11H2,1-4H3,(H,18,19). The zero-order valence-electron chi connectivity index (χ0n) is 12.3. The van der Waals surface area contributed by atoms with E-state index in [1.165, 1.54) is 0 Å². The minimum absolute atomic E-state index is 0.0440. The van der Waals surface area contributed by atoms with Crippen molar-refractivity contribution in [2.24, 2.45) is 5.41 Å². The van der Waals surface area contributed by atoms with Crippen LogP contribution < -0.4 is 5.32 Å². The molecule has 106 valence electrons. The summed E-state index contributed by atoms with van der Waals surface area (Å²) < 4.78 is 0. The maximum atomic E-state index is 12.3. The van der Waals surface area contributed by atoms with E-state index in [0.29, 0.717) is 6.54 Å². The Bertz CT molecular complexity index is 420. The van der Waals surface area contributed by atoms with Crippen LogP contribution in [-0.4, -0.2) is 17.8 Å². The predicted molar refractivity (Wildman–Crippen MR) is 85.1 cm³/mol. The van der Waals surface area contributed by atoms with Gasteiger partial charge in [-0.25, -0.2) is 0 Å². The Morgan fingerprint density at radius 3 is 2.37 bits per heavy atom. The monoisotopic (exact) mass is 325 g/mol. The third kappa shape index (κ3) is 4.98. The van der Waals surface area contributed by atoms with Crippen molar-refractivity contribution in [1.82, 2.24) is 5.32 Å². The summed E-state index contributed by atoms with van der Waals surface area (Å²) in [6, 6.07) is 5.96. The Balaban J connectivity index is 2.66. The molecule has 0 atom stereocenters. The SMILES string of the molecule is Cc1cccc(C)c1C(=O)NCC(C)(C)CCCBr. The van der Waals surface area contributed by atoms with Crippen LogP contribution in [0.25, 0.3) is 0 Å². The van der Waals surface area contributed by atoms with Crippen molar-refractivity contribution >= 4 is 21.8 Å². The third-order valence-corrected chi connectivity index (χ3v) is 3.98. The quantitative estimate of drug-likeness (QED) is 0.779. The van der Waals surface area contributed by atoms with Gasteiger partial charge in [0.05, 0.1) is 0 Å². The Morgan fingerprint density at radius 1 is 1.26 bits per heavy atom. The minimum Gasteiger partial charge on any atom is -0.351 e. The van der Waals surface area contributed by atoms with E-state index in [4.69, 9.17) is 0 Å². The van der Waals surface area contributed by atoms with Crippen LogP contribution in [0.15, 0.2) is 18.2 Å². The zero-order valence-corrected chi connectivity index (χ0v) is 13.9. The summed E-state index contributed by atoms with van der Waals surface area (Å²) >= 11 is 3.45. The average molecular weight is 326 g/mol. The van der Waals surface area contributed by atoms with Gasteiger partial charge in [-0.15, -0.1) is 0 Å². The van der Waals surface area contributed by atoms with Gasteiger partial charge in [0.1, 0.15) is 0 Å². The number of aryl methyl sites for hydroxylation is 2. The maximum Gasteiger partial charge on any atom is 0.251 e. The molecule has 3 heteroatoms. The number of benzene rings is 1. The smallest absolute Gasteiger partial charge is 0.251 e. The van der Waals surface area contributed by atoms with E-state index in [1.807, 2.05) is 32.0 Å². The van der Waals surface area contributed by atoms with Crippen molar-refractivity contribution in [2.75, 3.05) is 11.9 Å². The van der Waals surface area contributed by atoms with Crippen molar-refractivity contribution in [3.8, 4) is 0 Å². The lowest BCUT2D eigenvalue weighted by Crippen LogP contribution is -2.34. The van der Waals surface area contributed by atoms with E-state index in [-0.39, 0.29) is 11.3 Å². The number of alkyl halides is 1. The van der Waals surface area contributed by atoms with Crippen LogP contribution in [0.2, 0.25) is 0 Å². The summed E-state index contributed by atoms with van der Waals surface area (Å²) in [5.41, 5.74) is 3.03. The molecule has 2 nitrogen and oxygen atoms in total. The van der Waals surface area contributed by atoms with Gasteiger partial charge in [-0.3, -0.25) is 4.79 Å². The first-order valence-electron chi connectivity index (χ1n) is 6.78. The van der Waals surface area contributed by atoms with Crippen molar-refractivity contribution in [1.29, 1.82) is 0 Å². The van der Waals surface area contributed by atoms with Gasteiger partial charge in [0.25, 0.3) is 5.91 Å². The molecule has 1 aromatic carbocycles. The number of nitrogens with one attached hydrogen (secondary N) is 1. The highest BCUT2D eigenvalue weighted by atomic mass is 79.9. The summed E-state index contributed by atoms with van der Waals surface area (Å²) in [5.74, 6) is 0.0440. The fourth-order valence-electron chi connectivity index (χ4n) is 2.21. The molecular formula is C16H24BrNO. The molecule has 0 aliphatic carbocycles. The molecule has 0 fully saturated rings. The molecule has 1 rings (SSSR count). The highest BCUT2D eigenvalue weighted by molar-refractivity contribution is 9.09. The van der Waals surface area contributed by atoms with E-state index in [0.717, 1.165) is 34.9 Å². The lowest BCUT2D eigenvalue weighted by molar-refractivity contribution is 0.0933. The number of amides is 1. The minimum atomic E-state index is 0.0440. The fourth-order valence-corrected chi connectivity index (χ4v) is 2.49. The molecule has 1 amide bonds. The van der Waals surface area contributed by atoms with E-state index in [2.05, 4.69) is 35.1 Å². The number of carbonyl (C=O) groups excluding carboxylic acids is 1. The molecule has 0 saturated heterocycles. The molecule has 0 aliphatic heterocycles. The van der Waals surface area contributed by atoms with Gasteiger partial charge in [-0.05, 0) is 43.2 Å². The second-order valence-electron chi connectivity index (χ2n) is 5.91. The summed E-state index contributed by atoms with van der Waals surface area (Å²) in [6.45, 7) is 9.07. The van der Waals surface area contributed by atoms with Crippen LogP contribution in [0.5, 0.6) is 0 Å². The van der Waals surface area contributed by atoms with E-state index >= 15 is 0 Å². The molecule has 1 N–H and O–H groups in total. The lowest BCUT2D eigenvalue weighted by atomic mass is 9.88. The molecule has 0 spiro atoms.